The summed E-state index contributed by atoms with van der Waals surface area (Å²) in [6.45, 7) is 0. The standard InChI is InChI=1S/C11H10N4O/c12-11(16)15-10-3-1-8(2-4-10)9-5-13-7-14-6-9/h1-7H,(H3,12,15,16). The van der Waals surface area contributed by atoms with Gasteiger partial charge < -0.3 is 11.1 Å². The van der Waals surface area contributed by atoms with E-state index in [0.717, 1.165) is 11.1 Å². The first-order chi connectivity index (χ1) is 7.75. The smallest absolute Gasteiger partial charge is 0.316 e. The van der Waals surface area contributed by atoms with Gasteiger partial charge in [0.25, 0.3) is 0 Å². The second-order valence-corrected chi connectivity index (χ2v) is 3.19. The Hall–Kier alpha value is -2.43. The molecule has 2 rings (SSSR count). The van der Waals surface area contributed by atoms with Crippen molar-refractivity contribution in [3.05, 3.63) is 43.0 Å². The van der Waals surface area contributed by atoms with Crippen molar-refractivity contribution in [3.63, 3.8) is 0 Å². The Balaban J connectivity index is 2.23. The predicted molar refractivity (Wildman–Crippen MR) is 60.7 cm³/mol. The van der Waals surface area contributed by atoms with E-state index in [9.17, 15) is 4.79 Å². The lowest BCUT2D eigenvalue weighted by molar-refractivity contribution is 0.259. The summed E-state index contributed by atoms with van der Waals surface area (Å²) in [5, 5.41) is 2.49. The first-order valence-electron chi connectivity index (χ1n) is 4.67. The largest absolute Gasteiger partial charge is 0.351 e. The number of nitrogens with zero attached hydrogens (tertiary/aromatic N) is 2. The zero-order valence-electron chi connectivity index (χ0n) is 8.42. The maximum atomic E-state index is 10.6. The highest BCUT2D eigenvalue weighted by atomic mass is 16.2. The van der Waals surface area contributed by atoms with Crippen LogP contribution in [0.15, 0.2) is 43.0 Å². The number of nitrogens with one attached hydrogen (secondary N) is 1. The summed E-state index contributed by atoms with van der Waals surface area (Å²) >= 11 is 0. The van der Waals surface area contributed by atoms with Crippen LogP contribution in [0, 0.1) is 0 Å². The normalized spacial score (nSPS) is 9.75. The van der Waals surface area contributed by atoms with Gasteiger partial charge in [-0.25, -0.2) is 14.8 Å². The molecule has 0 spiro atoms. The van der Waals surface area contributed by atoms with Crippen LogP contribution in [-0.2, 0) is 0 Å². The van der Waals surface area contributed by atoms with Crippen LogP contribution in [0.5, 0.6) is 0 Å². The van der Waals surface area contributed by atoms with E-state index in [-0.39, 0.29) is 0 Å². The highest BCUT2D eigenvalue weighted by molar-refractivity contribution is 5.88. The fourth-order valence-corrected chi connectivity index (χ4v) is 1.34. The molecule has 0 aliphatic rings. The van der Waals surface area contributed by atoms with Gasteiger partial charge >= 0.3 is 6.03 Å². The molecule has 0 radical (unpaired) electrons. The van der Waals surface area contributed by atoms with Gasteiger partial charge in [-0.05, 0) is 17.7 Å². The predicted octanol–water partition coefficient (Wildman–Crippen LogP) is 1.63. The number of urea groups is 1. The molecule has 3 N–H and O–H groups in total. The molecule has 0 saturated heterocycles. The van der Waals surface area contributed by atoms with Gasteiger partial charge in [0.1, 0.15) is 6.33 Å². The molecule has 0 aliphatic heterocycles. The topological polar surface area (TPSA) is 80.9 Å². The maximum absolute atomic E-state index is 10.6. The third-order valence-electron chi connectivity index (χ3n) is 2.05. The van der Waals surface area contributed by atoms with Crippen LogP contribution in [0.2, 0.25) is 0 Å². The highest BCUT2D eigenvalue weighted by Gasteiger charge is 1.99. The molecular weight excluding hydrogens is 204 g/mol. The van der Waals surface area contributed by atoms with Crippen LogP contribution >= 0.6 is 0 Å². The molecule has 2 amide bonds. The number of rotatable bonds is 2. The average molecular weight is 214 g/mol. The monoisotopic (exact) mass is 214 g/mol. The van der Waals surface area contributed by atoms with Gasteiger partial charge in [0.05, 0.1) is 0 Å². The van der Waals surface area contributed by atoms with Crippen molar-refractivity contribution >= 4 is 11.7 Å². The van der Waals surface area contributed by atoms with Crippen molar-refractivity contribution in [2.24, 2.45) is 5.73 Å². The fourth-order valence-electron chi connectivity index (χ4n) is 1.34. The Morgan fingerprint density at radius 1 is 1.06 bits per heavy atom. The van der Waals surface area contributed by atoms with E-state index in [1.54, 1.807) is 24.5 Å². The average Bonchev–Trinajstić information content (AvgIpc) is 2.30. The Morgan fingerprint density at radius 2 is 1.69 bits per heavy atom. The van der Waals surface area contributed by atoms with Crippen molar-refractivity contribution in [3.8, 4) is 11.1 Å². The van der Waals surface area contributed by atoms with Crippen LogP contribution in [0.3, 0.4) is 0 Å². The third-order valence-corrected chi connectivity index (χ3v) is 2.05. The summed E-state index contributed by atoms with van der Waals surface area (Å²) in [7, 11) is 0. The zero-order valence-corrected chi connectivity index (χ0v) is 8.42. The molecule has 0 atom stereocenters. The Labute approximate surface area is 92.3 Å². The number of aromatic nitrogens is 2. The first kappa shape index (κ1) is 10.1. The van der Waals surface area contributed by atoms with Gasteiger partial charge in [0.2, 0.25) is 0 Å². The Morgan fingerprint density at radius 3 is 2.25 bits per heavy atom. The number of amides is 2. The fraction of sp³-hybridized carbons (Fsp3) is 0. The summed E-state index contributed by atoms with van der Waals surface area (Å²) in [5.74, 6) is 0. The van der Waals surface area contributed by atoms with Crippen LogP contribution in [0.25, 0.3) is 11.1 Å². The SMILES string of the molecule is NC(=O)Nc1ccc(-c2cncnc2)cc1. The molecule has 0 saturated carbocycles. The van der Waals surface area contributed by atoms with Crippen molar-refractivity contribution < 1.29 is 4.79 Å². The number of anilines is 1. The number of carbonyl (C=O) groups excluding carboxylic acids is 1. The van der Waals surface area contributed by atoms with E-state index in [1.807, 2.05) is 12.1 Å². The van der Waals surface area contributed by atoms with E-state index in [4.69, 9.17) is 5.73 Å². The molecular formula is C11H10N4O. The van der Waals surface area contributed by atoms with Gasteiger partial charge in [-0.15, -0.1) is 0 Å². The van der Waals surface area contributed by atoms with Gasteiger partial charge in [-0.2, -0.15) is 0 Å². The molecule has 16 heavy (non-hydrogen) atoms. The van der Waals surface area contributed by atoms with Gasteiger partial charge in [-0.1, -0.05) is 12.1 Å². The summed E-state index contributed by atoms with van der Waals surface area (Å²) in [6.07, 6.45) is 4.93. The molecule has 1 heterocycles. The second kappa shape index (κ2) is 4.39. The molecule has 5 heteroatoms. The molecule has 0 unspecified atom stereocenters. The van der Waals surface area contributed by atoms with E-state index >= 15 is 0 Å². The highest BCUT2D eigenvalue weighted by Crippen LogP contribution is 2.19. The lowest BCUT2D eigenvalue weighted by atomic mass is 10.1. The van der Waals surface area contributed by atoms with Crippen LogP contribution in [-0.4, -0.2) is 16.0 Å². The molecule has 1 aromatic carbocycles. The maximum Gasteiger partial charge on any atom is 0.316 e. The van der Waals surface area contributed by atoms with Crippen LogP contribution in [0.4, 0.5) is 10.5 Å². The molecule has 80 valence electrons. The lowest BCUT2D eigenvalue weighted by Crippen LogP contribution is -2.19. The van der Waals surface area contributed by atoms with Crippen LogP contribution in [0.1, 0.15) is 0 Å². The lowest BCUT2D eigenvalue weighted by Gasteiger charge is -2.03. The summed E-state index contributed by atoms with van der Waals surface area (Å²) < 4.78 is 0. The number of benzene rings is 1. The minimum Gasteiger partial charge on any atom is -0.351 e. The summed E-state index contributed by atoms with van der Waals surface area (Å²) in [5.41, 5.74) is 7.57. The molecule has 0 fully saturated rings. The van der Waals surface area contributed by atoms with Gasteiger partial charge in [0, 0.05) is 23.6 Å². The van der Waals surface area contributed by atoms with Gasteiger partial charge in [-0.3, -0.25) is 0 Å². The van der Waals surface area contributed by atoms with Crippen molar-refractivity contribution in [2.75, 3.05) is 5.32 Å². The van der Waals surface area contributed by atoms with Crippen molar-refractivity contribution in [2.45, 2.75) is 0 Å². The number of nitrogens with two attached hydrogens (primary N) is 1. The van der Waals surface area contributed by atoms with Crippen molar-refractivity contribution in [1.82, 2.24) is 9.97 Å². The van der Waals surface area contributed by atoms with Gasteiger partial charge in [0.15, 0.2) is 0 Å². The zero-order chi connectivity index (χ0) is 11.4. The number of primary amides is 1. The molecule has 2 aromatic rings. The molecule has 1 aromatic heterocycles. The molecule has 0 aliphatic carbocycles. The number of hydrogen-bond donors (Lipinski definition) is 2. The minimum absolute atomic E-state index is 0.573. The Bertz CT molecular complexity index is 481. The van der Waals surface area contributed by atoms with Crippen molar-refractivity contribution in [1.29, 1.82) is 0 Å². The van der Waals surface area contributed by atoms with Crippen LogP contribution < -0.4 is 11.1 Å². The van der Waals surface area contributed by atoms with E-state index in [0.29, 0.717) is 5.69 Å². The van der Waals surface area contributed by atoms with E-state index in [1.165, 1.54) is 6.33 Å². The number of hydrogen-bond acceptors (Lipinski definition) is 3. The summed E-state index contributed by atoms with van der Waals surface area (Å²) in [4.78, 5) is 18.5. The Kier molecular flexibility index (Phi) is 2.77. The second-order valence-electron chi connectivity index (χ2n) is 3.19. The first-order valence-corrected chi connectivity index (χ1v) is 4.67. The molecule has 5 nitrogen and oxygen atoms in total. The summed E-state index contributed by atoms with van der Waals surface area (Å²) in [6, 6.07) is 6.70. The molecule has 0 bridgehead atoms. The van der Waals surface area contributed by atoms with E-state index in [2.05, 4.69) is 15.3 Å². The van der Waals surface area contributed by atoms with E-state index < -0.39 is 6.03 Å². The number of carbonyl (C=O) groups is 1. The minimum atomic E-state index is -0.573. The third kappa shape index (κ3) is 2.33. The quantitative estimate of drug-likeness (QED) is 0.797.